The molecule has 6 aromatic carbocycles. The van der Waals surface area contributed by atoms with Crippen LogP contribution in [0.2, 0.25) is 0 Å². The van der Waals surface area contributed by atoms with E-state index in [2.05, 4.69) is 146 Å². The van der Waals surface area contributed by atoms with E-state index in [0.717, 1.165) is 33.9 Å². The van der Waals surface area contributed by atoms with E-state index in [-0.39, 0.29) is 0 Å². The first-order valence-corrected chi connectivity index (χ1v) is 16.5. The smallest absolute Gasteiger partial charge is 0.160 e. The van der Waals surface area contributed by atoms with Crippen molar-refractivity contribution in [1.29, 1.82) is 0 Å². The SMILES string of the molecule is c1ccc(-c2cc(-c3ccccc3)nc(-c3ccc4c(c3)C3(c5ccccc5-c5ccccc53)c3c-4sc4ccccc34)n2)cc1. The molecule has 0 bridgehead atoms. The summed E-state index contributed by atoms with van der Waals surface area (Å²) < 4.78 is 1.33. The van der Waals surface area contributed by atoms with Gasteiger partial charge >= 0.3 is 0 Å². The third-order valence-electron chi connectivity index (χ3n) is 9.71. The molecule has 0 fully saturated rings. The molecule has 2 aliphatic carbocycles. The van der Waals surface area contributed by atoms with E-state index in [9.17, 15) is 0 Å². The fourth-order valence-corrected chi connectivity index (χ4v) is 9.12. The molecule has 3 heteroatoms. The van der Waals surface area contributed by atoms with Crippen molar-refractivity contribution < 1.29 is 0 Å². The van der Waals surface area contributed by atoms with Crippen molar-refractivity contribution in [1.82, 2.24) is 9.97 Å². The fourth-order valence-electron chi connectivity index (χ4n) is 7.82. The van der Waals surface area contributed by atoms with Crippen molar-refractivity contribution in [2.24, 2.45) is 0 Å². The molecule has 1 spiro atoms. The van der Waals surface area contributed by atoms with Crippen molar-refractivity contribution in [3.63, 3.8) is 0 Å². The maximum Gasteiger partial charge on any atom is 0.160 e. The van der Waals surface area contributed by atoms with E-state index >= 15 is 0 Å². The molecule has 2 nitrogen and oxygen atoms in total. The highest BCUT2D eigenvalue weighted by molar-refractivity contribution is 7.22. The van der Waals surface area contributed by atoms with Crippen LogP contribution in [-0.4, -0.2) is 9.97 Å². The number of fused-ring (bicyclic) bond motifs is 12. The second kappa shape index (κ2) is 9.68. The fraction of sp³-hybridized carbons (Fsp3) is 0.0233. The van der Waals surface area contributed by atoms with Gasteiger partial charge in [0.15, 0.2) is 5.82 Å². The summed E-state index contributed by atoms with van der Waals surface area (Å²) in [6.45, 7) is 0. The standard InChI is InChI=1S/C43H26N2S/c1-3-13-27(14-4-1)37-26-38(28-15-5-2-6-16-28)45-42(44-37)29-23-24-32-36(25-29)43(40-33-19-9-12-22-39(33)46-41(32)40)34-20-10-7-17-30(34)31-18-8-11-21-35(31)43/h1-26H. The van der Waals surface area contributed by atoms with Crippen molar-refractivity contribution in [3.8, 4) is 55.5 Å². The van der Waals surface area contributed by atoms with Gasteiger partial charge in [-0.2, -0.15) is 0 Å². The molecule has 8 aromatic rings. The molecule has 2 aliphatic rings. The Bertz CT molecular complexity index is 2370. The number of hydrogen-bond acceptors (Lipinski definition) is 3. The summed E-state index contributed by atoms with van der Waals surface area (Å²) in [7, 11) is 0. The normalized spacial score (nSPS) is 13.4. The van der Waals surface area contributed by atoms with Gasteiger partial charge in [-0.3, -0.25) is 0 Å². The predicted octanol–water partition coefficient (Wildman–Crippen LogP) is 11.0. The first-order valence-electron chi connectivity index (χ1n) is 15.7. The Morgan fingerprint density at radius 1 is 0.435 bits per heavy atom. The molecule has 0 aliphatic heterocycles. The first kappa shape index (κ1) is 25.7. The second-order valence-corrected chi connectivity index (χ2v) is 13.2. The topological polar surface area (TPSA) is 25.8 Å². The molecule has 0 atom stereocenters. The number of aromatic nitrogens is 2. The molecule has 2 aromatic heterocycles. The van der Waals surface area contributed by atoms with E-state index in [0.29, 0.717) is 0 Å². The third-order valence-corrected chi connectivity index (χ3v) is 10.9. The molecule has 46 heavy (non-hydrogen) atoms. The molecule has 0 unspecified atom stereocenters. The Hall–Kier alpha value is -5.64. The van der Waals surface area contributed by atoms with Gasteiger partial charge in [0.1, 0.15) is 0 Å². The van der Waals surface area contributed by atoms with Crippen LogP contribution in [0.25, 0.3) is 65.6 Å². The largest absolute Gasteiger partial charge is 0.228 e. The van der Waals surface area contributed by atoms with Gasteiger partial charge in [0, 0.05) is 26.3 Å². The summed E-state index contributed by atoms with van der Waals surface area (Å²) in [6, 6.07) is 56.8. The molecule has 10 rings (SSSR count). The van der Waals surface area contributed by atoms with Gasteiger partial charge in [0.05, 0.1) is 16.8 Å². The van der Waals surface area contributed by atoms with Crippen LogP contribution < -0.4 is 0 Å². The number of nitrogens with zero attached hydrogens (tertiary/aromatic N) is 2. The summed E-state index contributed by atoms with van der Waals surface area (Å²) in [6.07, 6.45) is 0. The minimum Gasteiger partial charge on any atom is -0.228 e. The average Bonchev–Trinajstić information content (AvgIpc) is 3.75. The Balaban J connectivity index is 1.28. The summed E-state index contributed by atoms with van der Waals surface area (Å²) in [5, 5.41) is 1.33. The molecule has 2 heterocycles. The van der Waals surface area contributed by atoms with Crippen molar-refractivity contribution >= 4 is 21.4 Å². The van der Waals surface area contributed by atoms with Crippen molar-refractivity contribution in [2.75, 3.05) is 0 Å². The van der Waals surface area contributed by atoms with Gasteiger partial charge in [-0.15, -0.1) is 11.3 Å². The van der Waals surface area contributed by atoms with E-state index < -0.39 is 5.41 Å². The van der Waals surface area contributed by atoms with Crippen molar-refractivity contribution in [2.45, 2.75) is 5.41 Å². The van der Waals surface area contributed by atoms with Crippen LogP contribution in [0, 0.1) is 0 Å². The first-order chi connectivity index (χ1) is 22.8. The number of benzene rings is 6. The van der Waals surface area contributed by atoms with Crippen molar-refractivity contribution in [3.05, 3.63) is 180 Å². The van der Waals surface area contributed by atoms with E-state index in [1.165, 1.54) is 53.9 Å². The van der Waals surface area contributed by atoms with Crippen LogP contribution in [-0.2, 0) is 5.41 Å². The summed E-state index contributed by atoms with van der Waals surface area (Å²) in [5.41, 5.74) is 13.9. The van der Waals surface area contributed by atoms with Crippen LogP contribution in [0.3, 0.4) is 0 Å². The van der Waals surface area contributed by atoms with E-state index in [4.69, 9.17) is 9.97 Å². The van der Waals surface area contributed by atoms with Gasteiger partial charge < -0.3 is 0 Å². The molecule has 0 saturated heterocycles. The van der Waals surface area contributed by atoms with Gasteiger partial charge in [0.2, 0.25) is 0 Å². The molecule has 0 radical (unpaired) electrons. The second-order valence-electron chi connectivity index (χ2n) is 12.1. The van der Waals surface area contributed by atoms with Gasteiger partial charge in [-0.05, 0) is 62.5 Å². The quantitative estimate of drug-likeness (QED) is 0.201. The Morgan fingerprint density at radius 3 is 1.65 bits per heavy atom. The lowest BCUT2D eigenvalue weighted by atomic mass is 9.70. The molecule has 0 amide bonds. The summed E-state index contributed by atoms with van der Waals surface area (Å²) in [4.78, 5) is 11.8. The number of rotatable bonds is 3. The van der Waals surface area contributed by atoms with Crippen LogP contribution in [0.15, 0.2) is 158 Å². The summed E-state index contributed by atoms with van der Waals surface area (Å²) in [5.74, 6) is 0.734. The van der Waals surface area contributed by atoms with E-state index in [1.54, 1.807) is 0 Å². The van der Waals surface area contributed by atoms with Crippen LogP contribution in [0.4, 0.5) is 0 Å². The Labute approximate surface area is 271 Å². The van der Waals surface area contributed by atoms with Crippen LogP contribution in [0.1, 0.15) is 22.3 Å². The third kappa shape index (κ3) is 3.46. The maximum absolute atomic E-state index is 5.21. The molecule has 0 saturated carbocycles. The molecular formula is C43H26N2S. The lowest BCUT2D eigenvalue weighted by Crippen LogP contribution is -2.25. The average molecular weight is 603 g/mol. The molecular weight excluding hydrogens is 577 g/mol. The van der Waals surface area contributed by atoms with Crippen LogP contribution >= 0.6 is 11.3 Å². The van der Waals surface area contributed by atoms with E-state index in [1.807, 2.05) is 23.5 Å². The van der Waals surface area contributed by atoms with Gasteiger partial charge in [0.25, 0.3) is 0 Å². The predicted molar refractivity (Wildman–Crippen MR) is 190 cm³/mol. The zero-order valence-corrected chi connectivity index (χ0v) is 25.6. The zero-order valence-electron chi connectivity index (χ0n) is 24.8. The van der Waals surface area contributed by atoms with Gasteiger partial charge in [-0.1, -0.05) is 140 Å². The number of hydrogen-bond donors (Lipinski definition) is 0. The Kier molecular flexibility index (Phi) is 5.40. The highest BCUT2D eigenvalue weighted by Crippen LogP contribution is 2.66. The minimum atomic E-state index is -0.424. The Morgan fingerprint density at radius 2 is 1.00 bits per heavy atom. The van der Waals surface area contributed by atoms with Gasteiger partial charge in [-0.25, -0.2) is 9.97 Å². The highest BCUT2D eigenvalue weighted by atomic mass is 32.1. The highest BCUT2D eigenvalue weighted by Gasteiger charge is 2.53. The number of thiophene rings is 1. The molecule has 0 N–H and O–H groups in total. The summed E-state index contributed by atoms with van der Waals surface area (Å²) >= 11 is 1.91. The maximum atomic E-state index is 5.21. The minimum absolute atomic E-state index is 0.424. The van der Waals surface area contributed by atoms with Crippen LogP contribution in [0.5, 0.6) is 0 Å². The zero-order chi connectivity index (χ0) is 30.2. The lowest BCUT2D eigenvalue weighted by Gasteiger charge is -2.30. The molecule has 214 valence electrons. The monoisotopic (exact) mass is 602 g/mol. The lowest BCUT2D eigenvalue weighted by molar-refractivity contribution is 0.803.